The Kier molecular flexibility index (Phi) is 19.7. The van der Waals surface area contributed by atoms with E-state index in [0.29, 0.717) is 0 Å². The molecule has 0 atom stereocenters. The van der Waals surface area contributed by atoms with Crippen molar-refractivity contribution >= 4 is 11.6 Å². The van der Waals surface area contributed by atoms with Gasteiger partial charge in [0.15, 0.2) is 11.6 Å². The van der Waals surface area contributed by atoms with E-state index in [9.17, 15) is 9.59 Å². The molecule has 0 aliphatic heterocycles. The first-order valence-corrected chi connectivity index (χ1v) is 9.73. The number of carbonyl (C=O) groups excluding carboxylic acids is 2. The molecule has 3 aromatic carbocycles. The molecule has 0 fully saturated rings. The first-order valence-electron chi connectivity index (χ1n) is 9.73. The van der Waals surface area contributed by atoms with Crippen molar-refractivity contribution in [3.8, 4) is 0 Å². The van der Waals surface area contributed by atoms with Gasteiger partial charge in [0, 0.05) is 11.1 Å². The van der Waals surface area contributed by atoms with E-state index in [1.807, 2.05) is 125 Å². The predicted octanol–water partition coefficient (Wildman–Crippen LogP) is 7.52. The molecule has 0 radical (unpaired) electrons. The van der Waals surface area contributed by atoms with Crippen LogP contribution >= 0.6 is 0 Å². The topological polar surface area (TPSA) is 34.1 Å². The summed E-state index contributed by atoms with van der Waals surface area (Å²) >= 11 is 0. The van der Waals surface area contributed by atoms with Gasteiger partial charge in [0.05, 0.1) is 0 Å². The molecule has 28 heavy (non-hydrogen) atoms. The molecule has 0 aliphatic rings. The summed E-state index contributed by atoms with van der Waals surface area (Å²) in [6, 6.07) is 30.5. The van der Waals surface area contributed by atoms with E-state index >= 15 is 0 Å². The van der Waals surface area contributed by atoms with Crippen molar-refractivity contribution in [2.24, 2.45) is 0 Å². The lowest BCUT2D eigenvalue weighted by Crippen LogP contribution is -1.88. The van der Waals surface area contributed by atoms with Crippen molar-refractivity contribution in [2.45, 2.75) is 41.5 Å². The first kappa shape index (κ1) is 27.2. The second kappa shape index (κ2) is 20.3. The van der Waals surface area contributed by atoms with Crippen molar-refractivity contribution in [2.75, 3.05) is 0 Å². The predicted molar refractivity (Wildman–Crippen MR) is 122 cm³/mol. The van der Waals surface area contributed by atoms with Crippen LogP contribution in [-0.4, -0.2) is 11.6 Å². The maximum absolute atomic E-state index is 10.6. The Morgan fingerprint density at radius 1 is 0.429 bits per heavy atom. The molecule has 0 saturated carbocycles. The SMILES string of the molecule is CC.CC.CC(=O)c1ccccc1.CC(=O)c1ccccc1.c1ccccc1. The summed E-state index contributed by atoms with van der Waals surface area (Å²) in [6.45, 7) is 11.1. The molecule has 2 nitrogen and oxygen atoms in total. The van der Waals surface area contributed by atoms with E-state index in [1.165, 1.54) is 0 Å². The minimum Gasteiger partial charge on any atom is -0.295 e. The standard InChI is InChI=1S/2C8H8O.C6H6.2C2H6/c2*1-7(9)8-5-3-2-4-6-8;1-2-4-6-5-3-1;2*1-2/h2*2-6H,1H3;1-6H;2*1-2H3. The Hall–Kier alpha value is -3.00. The molecule has 2 heteroatoms. The van der Waals surface area contributed by atoms with Gasteiger partial charge in [-0.15, -0.1) is 0 Å². The number of hydrogen-bond donors (Lipinski definition) is 0. The van der Waals surface area contributed by atoms with E-state index in [2.05, 4.69) is 0 Å². The Labute approximate surface area is 171 Å². The van der Waals surface area contributed by atoms with E-state index < -0.39 is 0 Å². The highest BCUT2D eigenvalue weighted by Crippen LogP contribution is 1.98. The summed E-state index contributed by atoms with van der Waals surface area (Å²) in [7, 11) is 0. The Morgan fingerprint density at radius 3 is 0.750 bits per heavy atom. The lowest BCUT2D eigenvalue weighted by Gasteiger charge is -1.89. The minimum absolute atomic E-state index is 0.121. The Morgan fingerprint density at radius 2 is 0.607 bits per heavy atom. The van der Waals surface area contributed by atoms with Crippen LogP contribution in [0.3, 0.4) is 0 Å². The molecule has 0 unspecified atom stereocenters. The van der Waals surface area contributed by atoms with E-state index in [0.717, 1.165) is 11.1 Å². The number of ketones is 2. The molecule has 0 N–H and O–H groups in total. The van der Waals surface area contributed by atoms with Gasteiger partial charge in [0.2, 0.25) is 0 Å². The minimum atomic E-state index is 0.121. The average Bonchev–Trinajstić information content (AvgIpc) is 2.80. The van der Waals surface area contributed by atoms with Crippen molar-refractivity contribution in [3.05, 3.63) is 108 Å². The Balaban J connectivity index is 0. The summed E-state index contributed by atoms with van der Waals surface area (Å²) in [4.78, 5) is 21.3. The van der Waals surface area contributed by atoms with Crippen LogP contribution in [0.4, 0.5) is 0 Å². The van der Waals surface area contributed by atoms with Crippen LogP contribution < -0.4 is 0 Å². The van der Waals surface area contributed by atoms with Gasteiger partial charge in [-0.3, -0.25) is 9.59 Å². The van der Waals surface area contributed by atoms with Gasteiger partial charge in [0.25, 0.3) is 0 Å². The maximum Gasteiger partial charge on any atom is 0.159 e. The fourth-order valence-electron chi connectivity index (χ4n) is 1.73. The van der Waals surface area contributed by atoms with Crippen molar-refractivity contribution in [1.82, 2.24) is 0 Å². The van der Waals surface area contributed by atoms with Crippen LogP contribution in [0.2, 0.25) is 0 Å². The third kappa shape index (κ3) is 15.3. The molecule has 0 spiro atoms. The number of carbonyl (C=O) groups is 2. The normalized spacial score (nSPS) is 7.93. The molecular formula is C26H34O2. The summed E-state index contributed by atoms with van der Waals surface area (Å²) in [6.07, 6.45) is 0. The number of hydrogen-bond acceptors (Lipinski definition) is 2. The van der Waals surface area contributed by atoms with Crippen molar-refractivity contribution in [3.63, 3.8) is 0 Å². The highest BCUT2D eigenvalue weighted by molar-refractivity contribution is 5.94. The molecule has 0 saturated heterocycles. The summed E-state index contributed by atoms with van der Waals surface area (Å²) in [5.74, 6) is 0.242. The second-order valence-electron chi connectivity index (χ2n) is 5.00. The van der Waals surface area contributed by atoms with Gasteiger partial charge in [-0.25, -0.2) is 0 Å². The molecule has 0 amide bonds. The van der Waals surface area contributed by atoms with Crippen LogP contribution in [0.5, 0.6) is 0 Å². The van der Waals surface area contributed by atoms with Crippen molar-refractivity contribution < 1.29 is 9.59 Å². The molecule has 0 bridgehead atoms. The molecule has 0 heterocycles. The summed E-state index contributed by atoms with van der Waals surface area (Å²) in [5.41, 5.74) is 1.55. The number of Topliss-reactive ketones (excluding diaryl/α,β-unsaturated/α-hetero) is 2. The monoisotopic (exact) mass is 378 g/mol. The highest BCUT2D eigenvalue weighted by atomic mass is 16.1. The number of benzene rings is 3. The highest BCUT2D eigenvalue weighted by Gasteiger charge is 1.93. The fourth-order valence-corrected chi connectivity index (χ4v) is 1.73. The lowest BCUT2D eigenvalue weighted by atomic mass is 10.2. The van der Waals surface area contributed by atoms with Crippen molar-refractivity contribution in [1.29, 1.82) is 0 Å². The van der Waals surface area contributed by atoms with Crippen LogP contribution in [0.1, 0.15) is 62.3 Å². The smallest absolute Gasteiger partial charge is 0.159 e. The largest absolute Gasteiger partial charge is 0.295 e. The zero-order valence-corrected chi connectivity index (χ0v) is 18.1. The van der Waals surface area contributed by atoms with Gasteiger partial charge < -0.3 is 0 Å². The van der Waals surface area contributed by atoms with Gasteiger partial charge in [0.1, 0.15) is 0 Å². The third-order valence-electron chi connectivity index (χ3n) is 3.03. The van der Waals surface area contributed by atoms with Gasteiger partial charge in [-0.05, 0) is 13.8 Å². The summed E-state index contributed by atoms with van der Waals surface area (Å²) in [5, 5.41) is 0. The second-order valence-corrected chi connectivity index (χ2v) is 5.00. The van der Waals surface area contributed by atoms with Crippen LogP contribution in [0.15, 0.2) is 97.1 Å². The molecule has 3 rings (SSSR count). The quantitative estimate of drug-likeness (QED) is 0.432. The number of rotatable bonds is 2. The van der Waals surface area contributed by atoms with E-state index in [4.69, 9.17) is 0 Å². The van der Waals surface area contributed by atoms with Crippen LogP contribution in [0.25, 0.3) is 0 Å². The van der Waals surface area contributed by atoms with Gasteiger partial charge >= 0.3 is 0 Å². The average molecular weight is 379 g/mol. The lowest BCUT2D eigenvalue weighted by molar-refractivity contribution is 0.100. The zero-order valence-electron chi connectivity index (χ0n) is 18.1. The molecule has 3 aromatic rings. The fraction of sp³-hybridized carbons (Fsp3) is 0.231. The first-order chi connectivity index (χ1) is 13.6. The molecule has 0 aromatic heterocycles. The van der Waals surface area contributed by atoms with Crippen LogP contribution in [-0.2, 0) is 0 Å². The van der Waals surface area contributed by atoms with E-state index in [1.54, 1.807) is 13.8 Å². The summed E-state index contributed by atoms with van der Waals surface area (Å²) < 4.78 is 0. The third-order valence-corrected chi connectivity index (χ3v) is 3.03. The molecule has 0 aliphatic carbocycles. The zero-order chi connectivity index (χ0) is 21.6. The van der Waals surface area contributed by atoms with Crippen LogP contribution in [0, 0.1) is 0 Å². The van der Waals surface area contributed by atoms with Gasteiger partial charge in [-0.1, -0.05) is 125 Å². The maximum atomic E-state index is 10.6. The van der Waals surface area contributed by atoms with E-state index in [-0.39, 0.29) is 11.6 Å². The Bertz CT molecular complexity index is 629. The molecular weight excluding hydrogens is 344 g/mol. The van der Waals surface area contributed by atoms with Gasteiger partial charge in [-0.2, -0.15) is 0 Å². The molecule has 150 valence electrons.